The van der Waals surface area contributed by atoms with E-state index in [9.17, 15) is 9.59 Å². The highest BCUT2D eigenvalue weighted by Gasteiger charge is 2.10. The number of ether oxygens (including phenoxy) is 1. The molecule has 4 aromatic carbocycles. The smallest absolute Gasteiger partial charge is 0.269 e. The standard InChI is InChI=1S/C30H26N4O3/c35-29(19-18-28-31-25-11-5-6-12-26(25)32-28)33-34-30(36)23-16-14-21(15-17-23)20-37-27-13-7-4-10-24(27)22-8-2-1-3-9-22/h1-17H,18-20H2,(H,31,32)(H,33,35)(H,34,36). The van der Waals surface area contributed by atoms with E-state index in [1.165, 1.54) is 0 Å². The van der Waals surface area contributed by atoms with E-state index in [1.807, 2.05) is 91.0 Å². The molecule has 7 nitrogen and oxygen atoms in total. The average Bonchev–Trinajstić information content (AvgIpc) is 3.38. The molecule has 5 aromatic rings. The molecule has 0 bridgehead atoms. The van der Waals surface area contributed by atoms with Crippen LogP contribution >= 0.6 is 0 Å². The Morgan fingerprint density at radius 2 is 1.51 bits per heavy atom. The molecule has 0 atom stereocenters. The highest BCUT2D eigenvalue weighted by atomic mass is 16.5. The molecule has 2 amide bonds. The van der Waals surface area contributed by atoms with Gasteiger partial charge in [0.05, 0.1) is 11.0 Å². The van der Waals surface area contributed by atoms with Crippen LogP contribution in [0.15, 0.2) is 103 Å². The number of hydrogen-bond acceptors (Lipinski definition) is 4. The number of benzene rings is 4. The van der Waals surface area contributed by atoms with Crippen LogP contribution < -0.4 is 15.6 Å². The minimum absolute atomic E-state index is 0.195. The summed E-state index contributed by atoms with van der Waals surface area (Å²) in [6.07, 6.45) is 0.638. The van der Waals surface area contributed by atoms with Gasteiger partial charge in [0.2, 0.25) is 5.91 Å². The zero-order valence-electron chi connectivity index (χ0n) is 20.1. The predicted octanol–water partition coefficient (Wildman–Crippen LogP) is 5.20. The molecule has 0 aliphatic carbocycles. The Bertz CT molecular complexity index is 1480. The fourth-order valence-corrected chi connectivity index (χ4v) is 3.98. The minimum atomic E-state index is -0.390. The number of carbonyl (C=O) groups excluding carboxylic acids is 2. The SMILES string of the molecule is O=C(CCc1nc2ccccc2[nH]1)NNC(=O)c1ccc(COc2ccccc2-c2ccccc2)cc1. The molecule has 0 unspecified atom stereocenters. The molecular weight excluding hydrogens is 464 g/mol. The summed E-state index contributed by atoms with van der Waals surface area (Å²) in [5, 5.41) is 0. The van der Waals surface area contributed by atoms with E-state index < -0.39 is 0 Å². The number of hydrogen-bond donors (Lipinski definition) is 3. The maximum absolute atomic E-state index is 12.5. The largest absolute Gasteiger partial charge is 0.488 e. The molecule has 0 radical (unpaired) electrons. The van der Waals surface area contributed by atoms with Crippen molar-refractivity contribution in [2.75, 3.05) is 0 Å². The van der Waals surface area contributed by atoms with Crippen molar-refractivity contribution in [3.05, 3.63) is 120 Å². The molecule has 37 heavy (non-hydrogen) atoms. The number of H-pyrrole nitrogens is 1. The molecule has 0 aliphatic rings. The van der Waals surface area contributed by atoms with Crippen molar-refractivity contribution in [1.29, 1.82) is 0 Å². The van der Waals surface area contributed by atoms with Gasteiger partial charge < -0.3 is 9.72 Å². The van der Waals surface area contributed by atoms with Crippen molar-refractivity contribution in [3.8, 4) is 16.9 Å². The first kappa shape index (κ1) is 23.8. The number of aromatic amines is 1. The van der Waals surface area contributed by atoms with E-state index >= 15 is 0 Å². The maximum Gasteiger partial charge on any atom is 0.269 e. The van der Waals surface area contributed by atoms with Gasteiger partial charge in [0.15, 0.2) is 0 Å². The van der Waals surface area contributed by atoms with Crippen molar-refractivity contribution in [3.63, 3.8) is 0 Å². The number of aromatic nitrogens is 2. The van der Waals surface area contributed by atoms with Crippen LogP contribution in [0.4, 0.5) is 0 Å². The van der Waals surface area contributed by atoms with E-state index in [-0.39, 0.29) is 18.2 Å². The van der Waals surface area contributed by atoms with Gasteiger partial charge in [-0.25, -0.2) is 4.98 Å². The topological polar surface area (TPSA) is 96.1 Å². The summed E-state index contributed by atoms with van der Waals surface area (Å²) < 4.78 is 6.07. The van der Waals surface area contributed by atoms with Crippen molar-refractivity contribution >= 4 is 22.8 Å². The third-order valence-electron chi connectivity index (χ3n) is 5.93. The normalized spacial score (nSPS) is 10.7. The lowest BCUT2D eigenvalue weighted by Gasteiger charge is -2.12. The van der Waals surface area contributed by atoms with E-state index in [1.54, 1.807) is 12.1 Å². The maximum atomic E-state index is 12.5. The van der Waals surface area contributed by atoms with Gasteiger partial charge in [-0.15, -0.1) is 0 Å². The summed E-state index contributed by atoms with van der Waals surface area (Å²) in [7, 11) is 0. The van der Waals surface area contributed by atoms with Crippen LogP contribution in [-0.4, -0.2) is 21.8 Å². The molecule has 1 aromatic heterocycles. The van der Waals surface area contributed by atoms with E-state index in [0.717, 1.165) is 39.3 Å². The van der Waals surface area contributed by atoms with Crippen molar-refractivity contribution in [2.24, 2.45) is 0 Å². The molecular formula is C30H26N4O3. The Hall–Kier alpha value is -4.91. The van der Waals surface area contributed by atoms with Gasteiger partial charge >= 0.3 is 0 Å². The number of fused-ring (bicyclic) bond motifs is 1. The lowest BCUT2D eigenvalue weighted by molar-refractivity contribution is -0.121. The van der Waals surface area contributed by atoms with Gasteiger partial charge in [0.25, 0.3) is 5.91 Å². The second-order valence-corrected chi connectivity index (χ2v) is 8.55. The first-order chi connectivity index (χ1) is 18.2. The summed E-state index contributed by atoms with van der Waals surface area (Å²) in [5.41, 5.74) is 10.2. The van der Waals surface area contributed by atoms with Crippen molar-refractivity contribution in [2.45, 2.75) is 19.4 Å². The summed E-state index contributed by atoms with van der Waals surface area (Å²) in [4.78, 5) is 32.3. The second-order valence-electron chi connectivity index (χ2n) is 8.55. The number of aryl methyl sites for hydroxylation is 1. The first-order valence-electron chi connectivity index (χ1n) is 12.0. The number of imidazole rings is 1. The molecule has 3 N–H and O–H groups in total. The van der Waals surface area contributed by atoms with Gasteiger partial charge in [-0.1, -0.05) is 72.8 Å². The van der Waals surface area contributed by atoms with Crippen LogP contribution in [0.3, 0.4) is 0 Å². The van der Waals surface area contributed by atoms with Crippen LogP contribution in [0.2, 0.25) is 0 Å². The molecule has 184 valence electrons. The second kappa shape index (κ2) is 11.2. The molecule has 0 spiro atoms. The summed E-state index contributed by atoms with van der Waals surface area (Å²) in [6.45, 7) is 0.365. The number of nitrogens with zero attached hydrogens (tertiary/aromatic N) is 1. The molecule has 0 saturated carbocycles. The Morgan fingerprint density at radius 1 is 0.784 bits per heavy atom. The number of rotatable bonds is 8. The molecule has 7 heteroatoms. The van der Waals surface area contributed by atoms with Crippen LogP contribution in [0.1, 0.15) is 28.2 Å². The van der Waals surface area contributed by atoms with Gasteiger partial charge in [-0.2, -0.15) is 0 Å². The highest BCUT2D eigenvalue weighted by Crippen LogP contribution is 2.30. The van der Waals surface area contributed by atoms with E-state index in [4.69, 9.17) is 4.74 Å². The highest BCUT2D eigenvalue weighted by molar-refractivity contribution is 5.95. The molecule has 1 heterocycles. The molecule has 0 aliphatic heterocycles. The monoisotopic (exact) mass is 490 g/mol. The van der Waals surface area contributed by atoms with Crippen molar-refractivity contribution in [1.82, 2.24) is 20.8 Å². The van der Waals surface area contributed by atoms with Gasteiger partial charge in [0, 0.05) is 24.0 Å². The molecule has 0 saturated heterocycles. The third-order valence-corrected chi connectivity index (χ3v) is 5.93. The lowest BCUT2D eigenvalue weighted by atomic mass is 10.0. The van der Waals surface area contributed by atoms with Crippen molar-refractivity contribution < 1.29 is 14.3 Å². The quantitative estimate of drug-likeness (QED) is 0.261. The Kier molecular flexibility index (Phi) is 7.22. The van der Waals surface area contributed by atoms with E-state index in [0.29, 0.717) is 18.6 Å². The fourth-order valence-electron chi connectivity index (χ4n) is 3.98. The number of hydrazine groups is 1. The van der Waals surface area contributed by atoms with Crippen LogP contribution in [-0.2, 0) is 17.8 Å². The Labute approximate surface area is 214 Å². The van der Waals surface area contributed by atoms with Crippen LogP contribution in [0, 0.1) is 0 Å². The first-order valence-corrected chi connectivity index (χ1v) is 12.0. The van der Waals surface area contributed by atoms with Gasteiger partial charge in [0.1, 0.15) is 18.2 Å². The fraction of sp³-hybridized carbons (Fsp3) is 0.100. The number of nitrogens with one attached hydrogen (secondary N) is 3. The molecule has 0 fully saturated rings. The average molecular weight is 491 g/mol. The Morgan fingerprint density at radius 3 is 2.32 bits per heavy atom. The van der Waals surface area contributed by atoms with E-state index in [2.05, 4.69) is 20.8 Å². The lowest BCUT2D eigenvalue weighted by Crippen LogP contribution is -2.41. The predicted molar refractivity (Wildman–Crippen MR) is 143 cm³/mol. The zero-order valence-corrected chi connectivity index (χ0v) is 20.1. The van der Waals surface area contributed by atoms with Gasteiger partial charge in [-0.3, -0.25) is 20.4 Å². The van der Waals surface area contributed by atoms with Crippen LogP contribution in [0.25, 0.3) is 22.2 Å². The molecule has 5 rings (SSSR count). The number of carbonyl (C=O) groups is 2. The number of para-hydroxylation sites is 3. The summed E-state index contributed by atoms with van der Waals surface area (Å²) in [5.74, 6) is 0.836. The summed E-state index contributed by atoms with van der Waals surface area (Å²) in [6, 6.07) is 32.8. The number of amides is 2. The van der Waals surface area contributed by atoms with Gasteiger partial charge in [-0.05, 0) is 41.5 Å². The Balaban J connectivity index is 1.10. The zero-order chi connectivity index (χ0) is 25.5. The third kappa shape index (κ3) is 6.02. The van der Waals surface area contributed by atoms with Crippen LogP contribution in [0.5, 0.6) is 5.75 Å². The minimum Gasteiger partial charge on any atom is -0.488 e. The summed E-state index contributed by atoms with van der Waals surface area (Å²) >= 11 is 0.